The fraction of sp³-hybridized carbons (Fsp3) is 0.467. The highest BCUT2D eigenvalue weighted by molar-refractivity contribution is 7.89. The van der Waals surface area contributed by atoms with Crippen LogP contribution in [0.15, 0.2) is 29.2 Å². The quantitative estimate of drug-likeness (QED) is 0.944. The Bertz CT molecular complexity index is 796. The molecule has 2 atom stereocenters. The van der Waals surface area contributed by atoms with Gasteiger partial charge in [-0.25, -0.2) is 8.42 Å². The van der Waals surface area contributed by atoms with Gasteiger partial charge >= 0.3 is 0 Å². The van der Waals surface area contributed by atoms with Crippen LogP contribution in [0.25, 0.3) is 10.1 Å². The number of sulfonamides is 1. The van der Waals surface area contributed by atoms with Crippen molar-refractivity contribution in [1.82, 2.24) is 4.31 Å². The largest absolute Gasteiger partial charge is 0.391 e. The van der Waals surface area contributed by atoms with Gasteiger partial charge in [0.1, 0.15) is 4.90 Å². The van der Waals surface area contributed by atoms with Crippen LogP contribution in [0.4, 0.5) is 0 Å². The van der Waals surface area contributed by atoms with E-state index in [1.54, 1.807) is 4.31 Å². The Labute approximate surface area is 128 Å². The van der Waals surface area contributed by atoms with Crippen LogP contribution in [0, 0.1) is 5.92 Å². The molecule has 2 unspecified atom stereocenters. The molecule has 2 heterocycles. The van der Waals surface area contributed by atoms with E-state index in [2.05, 4.69) is 0 Å². The molecular weight excluding hydrogens is 306 g/mol. The summed E-state index contributed by atoms with van der Waals surface area (Å²) in [6, 6.07) is 7.66. The number of aliphatic hydroxyl groups is 1. The van der Waals surface area contributed by atoms with Crippen LogP contribution in [0.3, 0.4) is 0 Å². The van der Waals surface area contributed by atoms with Gasteiger partial charge in [0.05, 0.1) is 11.5 Å². The predicted octanol–water partition coefficient (Wildman–Crippen LogP) is 2.57. The van der Waals surface area contributed by atoms with Crippen molar-refractivity contribution in [3.05, 3.63) is 29.1 Å². The van der Waals surface area contributed by atoms with Gasteiger partial charge in [-0.2, -0.15) is 4.31 Å². The van der Waals surface area contributed by atoms with Gasteiger partial charge in [-0.05, 0) is 31.2 Å². The van der Waals surface area contributed by atoms with Crippen molar-refractivity contribution in [3.63, 3.8) is 0 Å². The fourth-order valence-corrected chi connectivity index (χ4v) is 7.25. The number of nitrogens with zero attached hydrogens (tertiary/aromatic N) is 1. The summed E-state index contributed by atoms with van der Waals surface area (Å²) in [4.78, 5) is 0.886. The molecule has 2 fully saturated rings. The van der Waals surface area contributed by atoms with Gasteiger partial charge in [-0.15, -0.1) is 11.3 Å². The SMILES string of the molecule is O=S(=O)(c1c(CO)sc2ccccc12)N1CC2CCC1C2. The summed E-state index contributed by atoms with van der Waals surface area (Å²) in [5.41, 5.74) is 0. The van der Waals surface area contributed by atoms with Crippen molar-refractivity contribution in [2.24, 2.45) is 5.92 Å². The fourth-order valence-electron chi connectivity index (χ4n) is 3.75. The zero-order valence-electron chi connectivity index (χ0n) is 11.5. The first-order chi connectivity index (χ1) is 10.1. The van der Waals surface area contributed by atoms with E-state index in [9.17, 15) is 13.5 Å². The van der Waals surface area contributed by atoms with E-state index in [-0.39, 0.29) is 12.6 Å². The Morgan fingerprint density at radius 1 is 1.29 bits per heavy atom. The first-order valence-corrected chi connectivity index (χ1v) is 9.50. The lowest BCUT2D eigenvalue weighted by atomic mass is 10.1. The molecule has 21 heavy (non-hydrogen) atoms. The Morgan fingerprint density at radius 2 is 2.10 bits per heavy atom. The maximum absolute atomic E-state index is 13.1. The Hall–Kier alpha value is -0.950. The first kappa shape index (κ1) is 13.7. The summed E-state index contributed by atoms with van der Waals surface area (Å²) in [5.74, 6) is 0.521. The van der Waals surface area contributed by atoms with Gasteiger partial charge in [0.25, 0.3) is 0 Å². The highest BCUT2D eigenvalue weighted by Crippen LogP contribution is 2.43. The van der Waals surface area contributed by atoms with E-state index >= 15 is 0 Å². The van der Waals surface area contributed by atoms with E-state index in [1.165, 1.54) is 11.3 Å². The summed E-state index contributed by atoms with van der Waals surface area (Å²) < 4.78 is 28.8. The van der Waals surface area contributed by atoms with Crippen LogP contribution in [0.1, 0.15) is 24.1 Å². The van der Waals surface area contributed by atoms with E-state index in [4.69, 9.17) is 0 Å². The van der Waals surface area contributed by atoms with Crippen molar-refractivity contribution in [1.29, 1.82) is 0 Å². The van der Waals surface area contributed by atoms with E-state index < -0.39 is 10.0 Å². The lowest BCUT2D eigenvalue weighted by molar-refractivity contribution is 0.281. The number of thiophene rings is 1. The summed E-state index contributed by atoms with van der Waals surface area (Å²) in [6.07, 6.45) is 3.12. The van der Waals surface area contributed by atoms with Gasteiger partial charge in [-0.3, -0.25) is 0 Å². The number of rotatable bonds is 3. The second kappa shape index (κ2) is 4.78. The maximum Gasteiger partial charge on any atom is 0.245 e. The summed E-state index contributed by atoms with van der Waals surface area (Å²) in [6.45, 7) is 0.415. The van der Waals surface area contributed by atoms with Gasteiger partial charge in [0.2, 0.25) is 10.0 Å². The van der Waals surface area contributed by atoms with Crippen molar-refractivity contribution in [2.45, 2.75) is 36.8 Å². The second-order valence-electron chi connectivity index (χ2n) is 5.92. The molecule has 1 saturated carbocycles. The molecule has 1 aromatic carbocycles. The number of hydrogen-bond donors (Lipinski definition) is 1. The molecule has 6 heteroatoms. The number of fused-ring (bicyclic) bond motifs is 3. The molecule has 1 saturated heterocycles. The molecule has 1 N–H and O–H groups in total. The van der Waals surface area contributed by atoms with Gasteiger partial charge in [0, 0.05) is 22.7 Å². The number of hydrogen-bond acceptors (Lipinski definition) is 4. The smallest absolute Gasteiger partial charge is 0.245 e. The minimum absolute atomic E-state index is 0.158. The van der Waals surface area contributed by atoms with Gasteiger partial charge in [0.15, 0.2) is 0 Å². The average molecular weight is 323 g/mol. The molecule has 1 aromatic heterocycles. The van der Waals surface area contributed by atoms with Crippen LogP contribution in [0.2, 0.25) is 0 Å². The maximum atomic E-state index is 13.1. The van der Waals surface area contributed by atoms with E-state index in [0.717, 1.165) is 29.3 Å². The zero-order chi connectivity index (χ0) is 14.6. The number of aliphatic hydroxyl groups excluding tert-OH is 1. The van der Waals surface area contributed by atoms with Crippen LogP contribution in [-0.2, 0) is 16.6 Å². The van der Waals surface area contributed by atoms with Crippen LogP contribution in [0.5, 0.6) is 0 Å². The van der Waals surface area contributed by atoms with Crippen molar-refractivity contribution in [2.75, 3.05) is 6.54 Å². The van der Waals surface area contributed by atoms with Gasteiger partial charge < -0.3 is 5.11 Å². The molecule has 1 aliphatic heterocycles. The summed E-state index contributed by atoms with van der Waals surface area (Å²) in [5, 5.41) is 10.3. The summed E-state index contributed by atoms with van der Waals surface area (Å²) >= 11 is 1.37. The molecule has 4 rings (SSSR count). The van der Waals surface area contributed by atoms with E-state index in [1.807, 2.05) is 24.3 Å². The highest BCUT2D eigenvalue weighted by Gasteiger charge is 2.45. The molecule has 1 aliphatic carbocycles. The predicted molar refractivity (Wildman–Crippen MR) is 82.8 cm³/mol. The van der Waals surface area contributed by atoms with Crippen LogP contribution >= 0.6 is 11.3 Å². The van der Waals surface area contributed by atoms with Crippen LogP contribution < -0.4 is 0 Å². The topological polar surface area (TPSA) is 57.6 Å². The third-order valence-electron chi connectivity index (χ3n) is 4.69. The molecule has 4 nitrogen and oxygen atoms in total. The molecule has 0 amide bonds. The van der Waals surface area contributed by atoms with Crippen molar-refractivity contribution in [3.8, 4) is 0 Å². The first-order valence-electron chi connectivity index (χ1n) is 7.24. The Balaban J connectivity index is 1.89. The zero-order valence-corrected chi connectivity index (χ0v) is 13.2. The molecule has 2 aromatic rings. The Kier molecular flexibility index (Phi) is 3.11. The Morgan fingerprint density at radius 3 is 2.76 bits per heavy atom. The molecule has 112 valence electrons. The molecule has 2 bridgehead atoms. The highest BCUT2D eigenvalue weighted by atomic mass is 32.2. The second-order valence-corrected chi connectivity index (χ2v) is 8.88. The average Bonchev–Trinajstić information content (AvgIpc) is 3.19. The number of benzene rings is 1. The molecule has 0 radical (unpaired) electrons. The lowest BCUT2D eigenvalue weighted by Crippen LogP contribution is -2.37. The minimum Gasteiger partial charge on any atom is -0.391 e. The van der Waals surface area contributed by atoms with Crippen LogP contribution in [-0.4, -0.2) is 30.4 Å². The molecular formula is C15H17NO3S2. The van der Waals surface area contributed by atoms with Gasteiger partial charge in [-0.1, -0.05) is 18.2 Å². The summed E-state index contributed by atoms with van der Waals surface area (Å²) in [7, 11) is -3.51. The third kappa shape index (κ3) is 1.97. The molecule has 0 spiro atoms. The van der Waals surface area contributed by atoms with Crippen molar-refractivity contribution < 1.29 is 13.5 Å². The van der Waals surface area contributed by atoms with Crippen molar-refractivity contribution >= 4 is 31.4 Å². The third-order valence-corrected chi connectivity index (χ3v) is 8.02. The molecule has 2 aliphatic rings. The minimum atomic E-state index is -3.51. The van der Waals surface area contributed by atoms with E-state index in [0.29, 0.717) is 22.2 Å². The standard InChI is InChI=1S/C15H17NO3S2/c17-9-14-15(12-3-1-2-4-13(12)20-14)21(18,19)16-8-10-5-6-11(16)7-10/h1-4,10-11,17H,5-9H2. The normalized spacial score (nSPS) is 26.0. The monoisotopic (exact) mass is 323 g/mol. The lowest BCUT2D eigenvalue weighted by Gasteiger charge is -2.26. The number of piperidine rings is 1.